The molecular formula is C95H121N19O28S2. The van der Waals surface area contributed by atoms with Gasteiger partial charge in [-0.15, -0.1) is 10.2 Å². The molecule has 2 aliphatic carbocycles. The van der Waals surface area contributed by atoms with Crippen molar-refractivity contribution in [2.24, 2.45) is 23.2 Å². The average molecular weight is 2040 g/mol. The van der Waals surface area contributed by atoms with Gasteiger partial charge in [-0.25, -0.2) is 29.7 Å². The smallest absolute Gasteiger partial charge is 0.426 e. The van der Waals surface area contributed by atoms with Gasteiger partial charge in [0, 0.05) is 146 Å². The first kappa shape index (κ1) is 105. The number of unbranched alkanes of at least 4 members (excludes halogenated alkanes) is 1. The van der Waals surface area contributed by atoms with Gasteiger partial charge in [-0.1, -0.05) is 100 Å². The number of likely N-dealkylation sites (N-methyl/N-ethyl adjacent to an activating group) is 1. The summed E-state index contributed by atoms with van der Waals surface area (Å²) in [6.45, 7) is 5.68. The fourth-order valence-corrected chi connectivity index (χ4v) is 24.5. The number of hydrogen-bond donors (Lipinski definition) is 18. The van der Waals surface area contributed by atoms with Gasteiger partial charge in [0.1, 0.15) is 55.6 Å². The minimum atomic E-state index is -2.67. The lowest BCUT2D eigenvalue weighted by Gasteiger charge is -2.63. The number of aliphatic hydroxyl groups excluding tert-OH is 7. The van der Waals surface area contributed by atoms with Crippen molar-refractivity contribution in [3.8, 4) is 5.75 Å². The summed E-state index contributed by atoms with van der Waals surface area (Å²) in [4.78, 5) is 167. The van der Waals surface area contributed by atoms with E-state index in [1.54, 1.807) is 38.4 Å². The van der Waals surface area contributed by atoms with Crippen molar-refractivity contribution in [2.75, 3.05) is 102 Å². The van der Waals surface area contributed by atoms with Crippen molar-refractivity contribution in [2.45, 2.75) is 225 Å². The van der Waals surface area contributed by atoms with Crippen LogP contribution in [-0.4, -0.2) is 357 Å². The minimum Gasteiger partial charge on any atom is -0.496 e. The number of Topliss-reactive ketones (excluding diaryl/α,β-unsaturated/α-hetero) is 2. The van der Waals surface area contributed by atoms with Gasteiger partial charge in [-0.3, -0.25) is 58.6 Å². The Hall–Kier alpha value is -11.8. The van der Waals surface area contributed by atoms with Crippen LogP contribution in [0.25, 0.3) is 22.1 Å². The number of anilines is 2. The number of ketones is 2. The average Bonchev–Trinajstić information content (AvgIpc) is 1.47. The lowest BCUT2D eigenvalue weighted by Crippen LogP contribution is -2.82. The van der Waals surface area contributed by atoms with E-state index in [4.69, 9.17) is 39.0 Å². The number of ether oxygens (including phenoxy) is 6. The van der Waals surface area contributed by atoms with Crippen LogP contribution in [0.5, 0.6) is 5.75 Å². The third-order valence-corrected chi connectivity index (χ3v) is 32.0. The van der Waals surface area contributed by atoms with Crippen LogP contribution in [0.2, 0.25) is 0 Å². The topological polar surface area (TPSA) is 673 Å². The molecule has 16 rings (SSSR count). The Labute approximate surface area is 831 Å². The van der Waals surface area contributed by atoms with E-state index in [0.29, 0.717) is 112 Å². The number of nitrogens with zero attached hydrogens (tertiary/aromatic N) is 12. The van der Waals surface area contributed by atoms with Crippen LogP contribution >= 0.6 is 21.6 Å². The molecule has 3 aromatic carbocycles. The summed E-state index contributed by atoms with van der Waals surface area (Å²) in [7, 11) is 5.85. The van der Waals surface area contributed by atoms with Crippen LogP contribution in [0.15, 0.2) is 96.2 Å². The van der Waals surface area contributed by atoms with Crippen LogP contribution in [0.1, 0.15) is 140 Å². The summed E-state index contributed by atoms with van der Waals surface area (Å²) < 4.78 is 35.8. The third kappa shape index (κ3) is 21.5. The molecule has 49 heteroatoms. The second kappa shape index (κ2) is 44.7. The highest BCUT2D eigenvalue weighted by molar-refractivity contribution is 8.76. The second-order valence-corrected chi connectivity index (χ2v) is 41.1. The summed E-state index contributed by atoms with van der Waals surface area (Å²) >= 11 is 0. The molecule has 2 saturated carbocycles. The van der Waals surface area contributed by atoms with Gasteiger partial charge in [0.2, 0.25) is 24.6 Å². The third-order valence-electron chi connectivity index (χ3n) is 29.7. The highest BCUT2D eigenvalue weighted by Crippen LogP contribution is 2.68. The van der Waals surface area contributed by atoms with Crippen LogP contribution in [0.3, 0.4) is 0 Å². The number of nitrogen functional groups attached to an aromatic ring is 1. The molecule has 2 bridgehead atoms. The molecule has 4 amide bonds. The van der Waals surface area contributed by atoms with Gasteiger partial charge in [-0.05, 0) is 117 Å². The number of para-hydroxylation sites is 1. The van der Waals surface area contributed by atoms with Crippen LogP contribution in [0.4, 0.5) is 16.4 Å². The maximum Gasteiger partial charge on any atom is 0.426 e. The number of aliphatic hydroxyl groups is 9. The molecular weight excluding hydrogens is 1920 g/mol. The molecule has 3 saturated heterocycles. The van der Waals surface area contributed by atoms with E-state index in [0.717, 1.165) is 38.1 Å². The molecule has 11 heterocycles. The number of benzene rings is 3. The maximum absolute atomic E-state index is 15.5. The van der Waals surface area contributed by atoms with E-state index in [1.165, 1.54) is 44.9 Å². The standard InChI is InChI=1S/C95H121N19O28S2/c1-5-91(134)40-51-41-93(47-137-48-115,78-58(22-27-111(43-51)46-91)57-12-7-8-13-62(57)101-78)61-38-60-64(39-67(61)136-4)110(3)86-94(60)24-28-112-26-11-23-92(6-2,85(94)112)87(131)95(86,135)88(132)106-107-90(133)139-31-33-144-143-32-25-97-80(125)53(34-55-44-113(108-104-55)29-30-138-84-76(124)74(122)75(123)77(142-84)83(129)130)35-66(117)63(36-56-45-114(109-105-56)141-49-140-68-37-59(82(127)128)71(119)73(121)72(68)120)100-69(118)15-10-9-14-65(116)52-19-16-50(17-20-52)18-21-54-42-98-79-70(99-54)81(126)103-89(96)102-79/h7-8,11-13,16-17,19-20,23,38-39,42,44-45,48,51,53,59,63,68,71-77,84-87,101,119-124,131,134-135H,5-6,9-10,14-15,18,21-22,24-37,40-41,43,46-47,49H2,1-4H3,(H,97,125)(H,100,118)(H,106,132)(H,107,133)(H,127,128)(H,129,130)(H3,96,98,102,103,126)/t51-,53-,59?,63+,68-,71-,72?,73+,74+,75+,76?,77?,84-,85+,86-,87-,91+,92-,93+,94-,95+/m1/s1. The Morgan fingerprint density at radius 3 is 2.32 bits per heavy atom. The number of carbonyl (C=O) groups is 9. The summed E-state index contributed by atoms with van der Waals surface area (Å²) in [6, 6.07) is 15.9. The fourth-order valence-electron chi connectivity index (χ4n) is 22.7. The highest BCUT2D eigenvalue weighted by Gasteiger charge is 2.79. The predicted molar refractivity (Wildman–Crippen MR) is 511 cm³/mol. The van der Waals surface area contributed by atoms with Gasteiger partial charge in [0.25, 0.3) is 17.9 Å². The minimum absolute atomic E-state index is 0.0122. The molecule has 0 radical (unpaired) electrons. The van der Waals surface area contributed by atoms with E-state index < -0.39 is 185 Å². The van der Waals surface area contributed by atoms with Crippen molar-refractivity contribution in [1.82, 2.24) is 86.4 Å². The summed E-state index contributed by atoms with van der Waals surface area (Å²) in [5.41, 5.74) is 9.70. The van der Waals surface area contributed by atoms with Gasteiger partial charge in [-0.2, -0.15) is 4.98 Å². The van der Waals surface area contributed by atoms with Gasteiger partial charge >= 0.3 is 18.0 Å². The second-order valence-electron chi connectivity index (χ2n) is 38.4. The van der Waals surface area contributed by atoms with Crippen LogP contribution in [-0.2, 0) is 107 Å². The number of aromatic amines is 2. The number of rotatable bonds is 43. The largest absolute Gasteiger partial charge is 0.496 e. The lowest BCUT2D eigenvalue weighted by atomic mass is 9.47. The van der Waals surface area contributed by atoms with E-state index in [1.807, 2.05) is 55.2 Å². The fraction of sp³-hybridized carbons (Fsp3) is 0.568. The number of methoxy groups -OCH3 is 1. The molecule has 5 unspecified atom stereocenters. The maximum atomic E-state index is 15.5. The van der Waals surface area contributed by atoms with Crippen molar-refractivity contribution >= 4 is 109 Å². The number of nitrogens with two attached hydrogens (primary N) is 1. The van der Waals surface area contributed by atoms with E-state index >= 15 is 9.59 Å². The van der Waals surface area contributed by atoms with E-state index in [-0.39, 0.29) is 130 Å². The van der Waals surface area contributed by atoms with E-state index in [9.17, 15) is 94.5 Å². The molecule has 776 valence electrons. The normalized spacial score (nSPS) is 28.8. The van der Waals surface area contributed by atoms with Crippen molar-refractivity contribution in [3.63, 3.8) is 0 Å². The van der Waals surface area contributed by atoms with Crippen molar-refractivity contribution < 1.29 is 133 Å². The summed E-state index contributed by atoms with van der Waals surface area (Å²) in [5.74, 6) is -8.54. The molecule has 8 aromatic rings. The predicted octanol–water partition coefficient (Wildman–Crippen LogP) is -1.06. The van der Waals surface area contributed by atoms with Gasteiger partial charge in [0.05, 0.1) is 96.9 Å². The Morgan fingerprint density at radius 2 is 1.56 bits per heavy atom. The molecule has 22 atom stereocenters. The number of carboxylic acid groups (broad SMARTS) is 2. The SMILES string of the molecule is CC[C@]1(O)C[C@H]2CN(CCc3c([nH]c4ccccc34)[C@@](COC=O)(c3cc4c(cc3OC)N(C)[C@H]3[C@@](O)(C(=O)NNC(=O)OCCSSCCNC(=O)[C@@H](CC(=O)[C@H](Cc5cn(OCO[C@@H]6CC(C(=O)O)[C@@H](O)[C@H](O)C6O)nn5)NC(=O)CCCCC(=O)c5ccc(CCc6cnc7nc(N)[nH]c(=O)c7n6)cc5)Cc5cn(CCO[C@@H]6OC(C(=O)O)[C@@H](O)[C@H](O)C6O)nn5)[C@H](O)[C@]5(CC)C=CCN6CC[C@]43[C@@H]65)C2)C1. The zero-order valence-corrected chi connectivity index (χ0v) is 81.2. The zero-order chi connectivity index (χ0) is 102. The Morgan fingerprint density at radius 1 is 0.792 bits per heavy atom. The number of amides is 4. The number of carboxylic acids is 2. The number of hydrazine groups is 1. The first-order chi connectivity index (χ1) is 69.1. The zero-order valence-electron chi connectivity index (χ0n) is 79.6. The Kier molecular flexibility index (Phi) is 32.6. The van der Waals surface area contributed by atoms with Crippen LogP contribution < -0.4 is 47.3 Å². The lowest BCUT2D eigenvalue weighted by molar-refractivity contribution is -0.294. The Bertz CT molecular complexity index is 6120. The van der Waals surface area contributed by atoms with Crippen molar-refractivity contribution in [1.29, 1.82) is 0 Å². The monoisotopic (exact) mass is 2040 g/mol. The number of aromatic nitrogens is 11. The molecule has 5 fully saturated rings. The molecule has 47 nitrogen and oxygen atoms in total. The van der Waals surface area contributed by atoms with Gasteiger partial charge < -0.3 is 116 Å². The molecule has 144 heavy (non-hydrogen) atoms. The first-order valence-corrected chi connectivity index (χ1v) is 50.5. The Balaban J connectivity index is 0.573. The van der Waals surface area contributed by atoms with Gasteiger partial charge in [0.15, 0.2) is 40.7 Å². The number of aliphatic carboxylic acids is 2. The molecule has 1 spiro atoms. The first-order valence-electron chi connectivity index (χ1n) is 48.0. The number of nitrogens with one attached hydrogen (secondary N) is 6. The molecule has 19 N–H and O–H groups in total. The van der Waals surface area contributed by atoms with E-state index in [2.05, 4.69) is 89.0 Å². The number of hydrogen-bond acceptors (Lipinski definition) is 39. The molecule has 5 aromatic heterocycles. The quantitative estimate of drug-likeness (QED) is 0.00412. The summed E-state index contributed by atoms with van der Waals surface area (Å²) in [6.07, 6.45) is -8.77. The molecule has 8 aliphatic rings. The number of aryl methyl sites for hydroxylation is 2. The highest BCUT2D eigenvalue weighted by atomic mass is 33.1. The number of piperidine rings is 1. The molecule has 6 aliphatic heterocycles. The summed E-state index contributed by atoms with van der Waals surface area (Å²) in [5, 5.41) is 144. The van der Waals surface area contributed by atoms with Crippen molar-refractivity contribution in [3.05, 3.63) is 152 Å². The number of H-pyrrole nitrogens is 2. The number of fused-ring (bicyclic) bond motifs is 7. The number of carbonyl (C=O) groups excluding carboxylic acids is 7. The van der Waals surface area contributed by atoms with Crippen LogP contribution in [0, 0.1) is 23.2 Å².